The first-order chi connectivity index (χ1) is 12.3. The van der Waals surface area contributed by atoms with E-state index in [-0.39, 0.29) is 17.8 Å². The number of nitrogens with zero attached hydrogens (tertiary/aromatic N) is 2. The highest BCUT2D eigenvalue weighted by Gasteiger charge is 2.50. The molecule has 0 radical (unpaired) electrons. The molecule has 7 nitrogen and oxygen atoms in total. The number of amides is 2. The molecular weight excluding hydrogens is 334 g/mol. The Morgan fingerprint density at radius 3 is 2.73 bits per heavy atom. The molecule has 2 aliphatic heterocycles. The Hall–Kier alpha value is -3.09. The van der Waals surface area contributed by atoms with Gasteiger partial charge in [-0.25, -0.2) is 4.79 Å². The van der Waals surface area contributed by atoms with E-state index in [0.29, 0.717) is 17.7 Å². The second-order valence-corrected chi connectivity index (χ2v) is 7.09. The van der Waals surface area contributed by atoms with Crippen LogP contribution in [0.4, 0.5) is 16.2 Å². The van der Waals surface area contributed by atoms with Gasteiger partial charge in [0.15, 0.2) is 5.72 Å². The van der Waals surface area contributed by atoms with E-state index in [9.17, 15) is 14.9 Å². The van der Waals surface area contributed by atoms with Gasteiger partial charge in [0.1, 0.15) is 5.75 Å². The Morgan fingerprint density at radius 1 is 1.27 bits per heavy atom. The third kappa shape index (κ3) is 2.39. The van der Waals surface area contributed by atoms with E-state index in [1.165, 1.54) is 12.1 Å². The zero-order valence-electron chi connectivity index (χ0n) is 14.8. The zero-order valence-corrected chi connectivity index (χ0v) is 14.8. The van der Waals surface area contributed by atoms with Crippen molar-refractivity contribution in [1.29, 1.82) is 0 Å². The van der Waals surface area contributed by atoms with Crippen LogP contribution in [0, 0.1) is 24.0 Å². The maximum Gasteiger partial charge on any atom is 0.325 e. The van der Waals surface area contributed by atoms with Gasteiger partial charge < -0.3 is 10.1 Å². The number of carbonyl (C=O) groups excluding carboxylic acids is 1. The van der Waals surface area contributed by atoms with Crippen molar-refractivity contribution < 1.29 is 14.5 Å². The summed E-state index contributed by atoms with van der Waals surface area (Å²) in [5, 5.41) is 14.0. The topological polar surface area (TPSA) is 84.7 Å². The molecule has 1 saturated heterocycles. The van der Waals surface area contributed by atoms with Crippen molar-refractivity contribution in [3.63, 3.8) is 0 Å². The quantitative estimate of drug-likeness (QED) is 0.654. The van der Waals surface area contributed by atoms with E-state index in [0.717, 1.165) is 16.8 Å². The summed E-state index contributed by atoms with van der Waals surface area (Å²) in [7, 11) is 0. The average Bonchev–Trinajstić information content (AvgIpc) is 2.55. The number of aryl methyl sites for hydroxylation is 2. The molecule has 0 aliphatic carbocycles. The molecule has 2 amide bonds. The number of fused-ring (bicyclic) bond motifs is 4. The fourth-order valence-electron chi connectivity index (χ4n) is 3.90. The molecule has 7 heteroatoms. The van der Waals surface area contributed by atoms with Gasteiger partial charge in [-0.3, -0.25) is 15.0 Å². The molecule has 134 valence electrons. The van der Waals surface area contributed by atoms with Gasteiger partial charge in [0.2, 0.25) is 0 Å². The van der Waals surface area contributed by atoms with Crippen LogP contribution in [0.2, 0.25) is 0 Å². The van der Waals surface area contributed by atoms with E-state index in [1.54, 1.807) is 11.0 Å². The monoisotopic (exact) mass is 353 g/mol. The Kier molecular flexibility index (Phi) is 3.44. The first-order valence-corrected chi connectivity index (χ1v) is 8.44. The number of nitro benzene ring substituents is 1. The number of rotatable bonds is 2. The van der Waals surface area contributed by atoms with Crippen LogP contribution in [0.1, 0.15) is 36.1 Å². The van der Waals surface area contributed by atoms with Crippen LogP contribution in [-0.4, -0.2) is 16.7 Å². The van der Waals surface area contributed by atoms with Crippen LogP contribution in [0.15, 0.2) is 36.4 Å². The minimum absolute atomic E-state index is 0.0120. The van der Waals surface area contributed by atoms with E-state index < -0.39 is 10.6 Å². The molecular formula is C19H19N3O4. The van der Waals surface area contributed by atoms with Gasteiger partial charge in [-0.2, -0.15) is 0 Å². The third-order valence-corrected chi connectivity index (χ3v) is 5.06. The lowest BCUT2D eigenvalue weighted by Gasteiger charge is -2.50. The number of urea groups is 1. The van der Waals surface area contributed by atoms with Crippen LogP contribution in [0.3, 0.4) is 0 Å². The van der Waals surface area contributed by atoms with Crippen LogP contribution in [-0.2, 0) is 0 Å². The second kappa shape index (κ2) is 5.45. The molecule has 0 saturated carbocycles. The van der Waals surface area contributed by atoms with Crippen LogP contribution >= 0.6 is 0 Å². The minimum Gasteiger partial charge on any atom is -0.467 e. The molecule has 2 aromatic carbocycles. The van der Waals surface area contributed by atoms with E-state index in [2.05, 4.69) is 5.32 Å². The molecule has 2 aromatic rings. The summed E-state index contributed by atoms with van der Waals surface area (Å²) in [5.74, 6) is 0.559. The molecule has 2 bridgehead atoms. The number of carbonyl (C=O) groups is 1. The lowest BCUT2D eigenvalue weighted by atomic mass is 9.89. The number of hydrogen-bond acceptors (Lipinski definition) is 4. The van der Waals surface area contributed by atoms with Gasteiger partial charge in [-0.15, -0.1) is 0 Å². The number of hydrogen-bond donors (Lipinski definition) is 1. The number of ether oxygens (including phenoxy) is 1. The second-order valence-electron chi connectivity index (χ2n) is 7.09. The molecule has 4 rings (SSSR count). The van der Waals surface area contributed by atoms with Gasteiger partial charge in [0.25, 0.3) is 5.69 Å². The summed E-state index contributed by atoms with van der Waals surface area (Å²) < 4.78 is 6.19. The van der Waals surface area contributed by atoms with Gasteiger partial charge in [0, 0.05) is 24.1 Å². The molecule has 26 heavy (non-hydrogen) atoms. The largest absolute Gasteiger partial charge is 0.467 e. The molecule has 0 aromatic heterocycles. The number of anilines is 1. The third-order valence-electron chi connectivity index (χ3n) is 5.06. The van der Waals surface area contributed by atoms with E-state index >= 15 is 0 Å². The van der Waals surface area contributed by atoms with Crippen LogP contribution in [0.25, 0.3) is 0 Å². The van der Waals surface area contributed by atoms with Crippen molar-refractivity contribution in [2.75, 3.05) is 4.90 Å². The zero-order chi connectivity index (χ0) is 18.6. The molecule has 2 heterocycles. The van der Waals surface area contributed by atoms with Crippen molar-refractivity contribution in [3.8, 4) is 5.75 Å². The maximum absolute atomic E-state index is 12.9. The fraction of sp³-hybridized carbons (Fsp3) is 0.316. The van der Waals surface area contributed by atoms with Crippen LogP contribution < -0.4 is 15.0 Å². The molecule has 2 atom stereocenters. The molecule has 1 N–H and O–H groups in total. The van der Waals surface area contributed by atoms with Crippen molar-refractivity contribution in [3.05, 3.63) is 63.2 Å². The smallest absolute Gasteiger partial charge is 0.325 e. The standard InChI is InChI=1S/C19H19N3O4/c1-11-4-6-16(12(2)8-11)21-18(23)20-15-10-19(21,3)26-17-7-5-13(22(24)25)9-14(15)17/h4-9,15H,10H2,1-3H3,(H,20,23)/t15-,19+/m0/s1. The highest BCUT2D eigenvalue weighted by molar-refractivity contribution is 5.95. The Bertz CT molecular complexity index is 942. The number of nitro groups is 1. The van der Waals surface area contributed by atoms with Gasteiger partial charge in [-0.1, -0.05) is 17.7 Å². The predicted molar refractivity (Wildman–Crippen MR) is 96.4 cm³/mol. The summed E-state index contributed by atoms with van der Waals surface area (Å²) in [6.07, 6.45) is 0.500. The highest BCUT2D eigenvalue weighted by atomic mass is 16.6. The molecule has 0 spiro atoms. The van der Waals surface area contributed by atoms with Gasteiger partial charge >= 0.3 is 6.03 Å². The SMILES string of the molecule is Cc1ccc(N2C(=O)N[C@H]3C[C@@]2(C)Oc2ccc([N+](=O)[O-])cc23)c(C)c1. The van der Waals surface area contributed by atoms with Gasteiger partial charge in [0.05, 0.1) is 16.7 Å². The van der Waals surface area contributed by atoms with Crippen molar-refractivity contribution in [2.24, 2.45) is 0 Å². The predicted octanol–water partition coefficient (Wildman–Crippen LogP) is 3.98. The van der Waals surface area contributed by atoms with Gasteiger partial charge in [-0.05, 0) is 38.5 Å². The van der Waals surface area contributed by atoms with Crippen molar-refractivity contribution >= 4 is 17.4 Å². The molecule has 1 fully saturated rings. The van der Waals surface area contributed by atoms with Crippen LogP contribution in [0.5, 0.6) is 5.75 Å². The number of nitrogens with one attached hydrogen (secondary N) is 1. The summed E-state index contributed by atoms with van der Waals surface area (Å²) >= 11 is 0. The lowest BCUT2D eigenvalue weighted by Crippen LogP contribution is -2.65. The number of non-ortho nitro benzene ring substituents is 1. The number of benzene rings is 2. The average molecular weight is 353 g/mol. The Morgan fingerprint density at radius 2 is 2.04 bits per heavy atom. The summed E-state index contributed by atoms with van der Waals surface area (Å²) in [5.41, 5.74) is 2.66. The summed E-state index contributed by atoms with van der Waals surface area (Å²) in [6, 6.07) is 9.83. The Labute approximate surface area is 150 Å². The lowest BCUT2D eigenvalue weighted by molar-refractivity contribution is -0.385. The first kappa shape index (κ1) is 16.4. The summed E-state index contributed by atoms with van der Waals surface area (Å²) in [6.45, 7) is 5.85. The molecule has 2 aliphatic rings. The van der Waals surface area contributed by atoms with Crippen molar-refractivity contribution in [1.82, 2.24) is 5.32 Å². The van der Waals surface area contributed by atoms with Crippen molar-refractivity contribution in [2.45, 2.75) is 39.0 Å². The summed E-state index contributed by atoms with van der Waals surface area (Å²) in [4.78, 5) is 25.1. The highest BCUT2D eigenvalue weighted by Crippen LogP contribution is 2.46. The Balaban J connectivity index is 1.79. The molecule has 0 unspecified atom stereocenters. The fourth-order valence-corrected chi connectivity index (χ4v) is 3.90. The van der Waals surface area contributed by atoms with E-state index in [4.69, 9.17) is 4.74 Å². The minimum atomic E-state index is -0.865. The maximum atomic E-state index is 12.9. The van der Waals surface area contributed by atoms with E-state index in [1.807, 2.05) is 39.0 Å². The first-order valence-electron chi connectivity index (χ1n) is 8.44. The normalized spacial score (nSPS) is 23.7.